The van der Waals surface area contributed by atoms with Gasteiger partial charge in [0.05, 0.1) is 27.7 Å². The topological polar surface area (TPSA) is 9.23 Å². The fraction of sp³-hybridized carbons (Fsp3) is 0.368. The molecule has 0 fully saturated rings. The first-order chi connectivity index (χ1) is 9.96. The SMILES string of the molecule is Cc1ccc([C@H](OCC[N+](C)(C)C)c2ccccc2)cc1. The summed E-state index contributed by atoms with van der Waals surface area (Å²) in [6, 6.07) is 19.1. The van der Waals surface area contributed by atoms with Crippen molar-refractivity contribution in [1.82, 2.24) is 0 Å². The standard InChI is InChI=1S/C19H26NO/c1-16-10-12-18(13-11-16)19(17-8-6-5-7-9-17)21-15-14-20(2,3)4/h5-13,19H,14-15H2,1-4H3/q+1/t19-/m1/s1. The lowest BCUT2D eigenvalue weighted by atomic mass is 10.0. The van der Waals surface area contributed by atoms with Gasteiger partial charge in [-0.05, 0) is 18.1 Å². The number of ether oxygens (including phenoxy) is 1. The molecule has 2 aromatic carbocycles. The fourth-order valence-corrected chi connectivity index (χ4v) is 2.20. The maximum atomic E-state index is 6.21. The van der Waals surface area contributed by atoms with Gasteiger partial charge in [-0.15, -0.1) is 0 Å². The predicted octanol–water partition coefficient (Wildman–Crippen LogP) is 3.81. The van der Waals surface area contributed by atoms with Gasteiger partial charge < -0.3 is 9.22 Å². The second-order valence-electron chi connectivity index (χ2n) is 6.59. The summed E-state index contributed by atoms with van der Waals surface area (Å²) in [7, 11) is 6.56. The van der Waals surface area contributed by atoms with E-state index in [1.165, 1.54) is 16.7 Å². The molecule has 2 aromatic rings. The molecule has 21 heavy (non-hydrogen) atoms. The summed E-state index contributed by atoms with van der Waals surface area (Å²) in [6.45, 7) is 3.85. The zero-order valence-corrected chi connectivity index (χ0v) is 13.5. The monoisotopic (exact) mass is 284 g/mol. The van der Waals surface area contributed by atoms with Gasteiger partial charge in [0.1, 0.15) is 12.6 Å². The third-order valence-electron chi connectivity index (χ3n) is 3.53. The Morgan fingerprint density at radius 3 is 2.00 bits per heavy atom. The molecule has 0 bridgehead atoms. The summed E-state index contributed by atoms with van der Waals surface area (Å²) in [6.07, 6.45) is 0.0124. The molecule has 0 radical (unpaired) electrons. The summed E-state index contributed by atoms with van der Waals surface area (Å²) in [5.74, 6) is 0. The molecule has 0 N–H and O–H groups in total. The van der Waals surface area contributed by atoms with Crippen molar-refractivity contribution in [2.45, 2.75) is 13.0 Å². The largest absolute Gasteiger partial charge is 0.363 e. The highest BCUT2D eigenvalue weighted by atomic mass is 16.5. The van der Waals surface area contributed by atoms with Crippen LogP contribution in [0.1, 0.15) is 22.8 Å². The van der Waals surface area contributed by atoms with Crippen LogP contribution in [0.2, 0.25) is 0 Å². The van der Waals surface area contributed by atoms with Crippen molar-refractivity contribution in [3.05, 3.63) is 71.3 Å². The van der Waals surface area contributed by atoms with Crippen LogP contribution in [0.15, 0.2) is 54.6 Å². The Kier molecular flexibility index (Phi) is 5.16. The van der Waals surface area contributed by atoms with Crippen LogP contribution in [-0.2, 0) is 4.74 Å². The first-order valence-corrected chi connectivity index (χ1v) is 7.49. The Labute approximate surface area is 128 Å². The summed E-state index contributed by atoms with van der Waals surface area (Å²) in [4.78, 5) is 0. The molecule has 0 aliphatic rings. The van der Waals surface area contributed by atoms with E-state index in [0.717, 1.165) is 17.6 Å². The summed E-state index contributed by atoms with van der Waals surface area (Å²) in [5.41, 5.74) is 3.70. The van der Waals surface area contributed by atoms with Crippen molar-refractivity contribution in [1.29, 1.82) is 0 Å². The smallest absolute Gasteiger partial charge is 0.108 e. The molecule has 2 nitrogen and oxygen atoms in total. The van der Waals surface area contributed by atoms with E-state index in [4.69, 9.17) is 4.74 Å². The summed E-state index contributed by atoms with van der Waals surface area (Å²) < 4.78 is 7.13. The number of nitrogens with zero attached hydrogens (tertiary/aromatic N) is 1. The van der Waals surface area contributed by atoms with Gasteiger partial charge in [-0.25, -0.2) is 0 Å². The molecule has 0 spiro atoms. The third-order valence-corrected chi connectivity index (χ3v) is 3.53. The van der Waals surface area contributed by atoms with E-state index < -0.39 is 0 Å². The lowest BCUT2D eigenvalue weighted by Gasteiger charge is -2.26. The van der Waals surface area contributed by atoms with E-state index in [9.17, 15) is 0 Å². The molecule has 0 aromatic heterocycles. The number of hydrogen-bond acceptors (Lipinski definition) is 1. The first kappa shape index (κ1) is 15.7. The fourth-order valence-electron chi connectivity index (χ4n) is 2.20. The first-order valence-electron chi connectivity index (χ1n) is 7.49. The highest BCUT2D eigenvalue weighted by molar-refractivity contribution is 5.31. The number of aryl methyl sites for hydroxylation is 1. The molecule has 0 saturated carbocycles. The van der Waals surface area contributed by atoms with Gasteiger partial charge >= 0.3 is 0 Å². The Hall–Kier alpha value is -1.64. The Bertz CT molecular complexity index is 540. The number of hydrogen-bond donors (Lipinski definition) is 0. The molecule has 112 valence electrons. The molecule has 0 aliphatic carbocycles. The van der Waals surface area contributed by atoms with Gasteiger partial charge in [-0.2, -0.15) is 0 Å². The maximum absolute atomic E-state index is 6.21. The number of quaternary nitrogens is 1. The number of benzene rings is 2. The van der Waals surface area contributed by atoms with E-state index in [0.29, 0.717) is 0 Å². The lowest BCUT2D eigenvalue weighted by molar-refractivity contribution is -0.870. The van der Waals surface area contributed by atoms with Crippen LogP contribution in [0.5, 0.6) is 0 Å². The Morgan fingerprint density at radius 2 is 1.43 bits per heavy atom. The van der Waals surface area contributed by atoms with Gasteiger partial charge in [0.25, 0.3) is 0 Å². The van der Waals surface area contributed by atoms with Crippen LogP contribution >= 0.6 is 0 Å². The average molecular weight is 284 g/mol. The molecule has 2 rings (SSSR count). The van der Waals surface area contributed by atoms with Crippen LogP contribution in [0, 0.1) is 6.92 Å². The molecule has 2 heteroatoms. The van der Waals surface area contributed by atoms with E-state index in [1.807, 2.05) is 6.07 Å². The van der Waals surface area contributed by atoms with E-state index in [1.54, 1.807) is 0 Å². The second-order valence-corrected chi connectivity index (χ2v) is 6.59. The molecule has 0 amide bonds. The average Bonchev–Trinajstić information content (AvgIpc) is 2.45. The van der Waals surface area contributed by atoms with Crippen LogP contribution in [-0.4, -0.2) is 38.8 Å². The van der Waals surface area contributed by atoms with Crippen LogP contribution in [0.25, 0.3) is 0 Å². The maximum Gasteiger partial charge on any atom is 0.108 e. The van der Waals surface area contributed by atoms with Crippen LogP contribution in [0.3, 0.4) is 0 Å². The minimum atomic E-state index is 0.0124. The van der Waals surface area contributed by atoms with Gasteiger partial charge in [0.15, 0.2) is 0 Å². The van der Waals surface area contributed by atoms with Crippen molar-refractivity contribution in [2.75, 3.05) is 34.3 Å². The zero-order valence-electron chi connectivity index (χ0n) is 13.5. The van der Waals surface area contributed by atoms with Crippen molar-refractivity contribution in [3.8, 4) is 0 Å². The summed E-state index contributed by atoms with van der Waals surface area (Å²) in [5, 5.41) is 0. The number of rotatable bonds is 6. The van der Waals surface area contributed by atoms with E-state index in [2.05, 4.69) is 76.6 Å². The lowest BCUT2D eigenvalue weighted by Crippen LogP contribution is -2.37. The second kappa shape index (κ2) is 6.88. The third kappa shape index (κ3) is 5.00. The normalized spacial score (nSPS) is 13.1. The molecule has 0 aliphatic heterocycles. The van der Waals surface area contributed by atoms with E-state index in [-0.39, 0.29) is 6.10 Å². The number of likely N-dealkylation sites (N-methyl/N-ethyl adjacent to an activating group) is 1. The zero-order chi connectivity index (χ0) is 15.3. The van der Waals surface area contributed by atoms with Crippen molar-refractivity contribution in [3.63, 3.8) is 0 Å². The Morgan fingerprint density at radius 1 is 0.857 bits per heavy atom. The Balaban J connectivity index is 2.17. The predicted molar refractivity (Wildman–Crippen MR) is 88.3 cm³/mol. The van der Waals surface area contributed by atoms with E-state index >= 15 is 0 Å². The summed E-state index contributed by atoms with van der Waals surface area (Å²) >= 11 is 0. The molecule has 1 atom stereocenters. The van der Waals surface area contributed by atoms with Gasteiger partial charge in [-0.3, -0.25) is 0 Å². The van der Waals surface area contributed by atoms with Crippen molar-refractivity contribution < 1.29 is 9.22 Å². The highest BCUT2D eigenvalue weighted by Crippen LogP contribution is 2.26. The quantitative estimate of drug-likeness (QED) is 0.733. The molecular formula is C19H26NO+. The van der Waals surface area contributed by atoms with Gasteiger partial charge in [0, 0.05) is 0 Å². The minimum Gasteiger partial charge on any atom is -0.363 e. The molecule has 0 unspecified atom stereocenters. The van der Waals surface area contributed by atoms with Crippen LogP contribution < -0.4 is 0 Å². The molecule has 0 heterocycles. The van der Waals surface area contributed by atoms with Gasteiger partial charge in [0.2, 0.25) is 0 Å². The van der Waals surface area contributed by atoms with Crippen molar-refractivity contribution in [2.24, 2.45) is 0 Å². The molecule has 0 saturated heterocycles. The highest BCUT2D eigenvalue weighted by Gasteiger charge is 2.16. The minimum absolute atomic E-state index is 0.0124. The van der Waals surface area contributed by atoms with Crippen molar-refractivity contribution >= 4 is 0 Å². The molecular weight excluding hydrogens is 258 g/mol. The van der Waals surface area contributed by atoms with Crippen LogP contribution in [0.4, 0.5) is 0 Å². The van der Waals surface area contributed by atoms with Gasteiger partial charge in [-0.1, -0.05) is 60.2 Å².